The average molecular weight is 613 g/mol. The van der Waals surface area contributed by atoms with Crippen molar-refractivity contribution in [3.8, 4) is 0 Å². The lowest BCUT2D eigenvalue weighted by Crippen LogP contribution is -2.29. The number of carbonyl (C=O) groups excluding carboxylic acids is 2. The molecule has 0 bridgehead atoms. The number of amides is 1. The van der Waals surface area contributed by atoms with Crippen molar-refractivity contribution in [2.45, 2.75) is 23.1 Å². The number of hydrogen-bond donors (Lipinski definition) is 1. The van der Waals surface area contributed by atoms with E-state index in [1.807, 2.05) is 67.6 Å². The maximum absolute atomic E-state index is 13.3. The van der Waals surface area contributed by atoms with Gasteiger partial charge >= 0.3 is 5.91 Å². The number of thioether (sulfide) groups is 1. The summed E-state index contributed by atoms with van der Waals surface area (Å²) in [4.78, 5) is 28.0. The van der Waals surface area contributed by atoms with E-state index in [0.29, 0.717) is 26.2 Å². The molecule has 2 heterocycles. The Balaban J connectivity index is 1.55. The van der Waals surface area contributed by atoms with Crippen LogP contribution in [0.3, 0.4) is 0 Å². The number of benzene rings is 3. The summed E-state index contributed by atoms with van der Waals surface area (Å²) in [5.74, 6) is -1.19. The lowest BCUT2D eigenvalue weighted by atomic mass is 9.95. The fraction of sp³-hybridized carbons (Fsp3) is 0.111. The Morgan fingerprint density at radius 3 is 2.57 bits per heavy atom. The van der Waals surface area contributed by atoms with E-state index < -0.39 is 17.7 Å². The van der Waals surface area contributed by atoms with Crippen LogP contribution in [0.5, 0.6) is 0 Å². The largest absolute Gasteiger partial charge is 0.507 e. The molecule has 4 aromatic rings. The zero-order valence-electron chi connectivity index (χ0n) is 19.4. The third-order valence-corrected chi connectivity index (χ3v) is 8.81. The van der Waals surface area contributed by atoms with Gasteiger partial charge in [-0.15, -0.1) is 10.2 Å². The second kappa shape index (κ2) is 10.8. The van der Waals surface area contributed by atoms with Crippen molar-refractivity contribution in [1.82, 2.24) is 10.2 Å². The summed E-state index contributed by atoms with van der Waals surface area (Å²) in [6, 6.07) is 21.1. The zero-order valence-corrected chi connectivity index (χ0v) is 23.4. The second-order valence-corrected chi connectivity index (χ2v) is 11.8. The van der Waals surface area contributed by atoms with Gasteiger partial charge in [-0.1, -0.05) is 111 Å². The summed E-state index contributed by atoms with van der Waals surface area (Å²) in [5.41, 5.74) is 3.08. The Kier molecular flexibility index (Phi) is 7.48. The molecule has 37 heavy (non-hydrogen) atoms. The number of aliphatic hydroxyl groups is 1. The molecule has 0 radical (unpaired) electrons. The molecular weight excluding hydrogens is 594 g/mol. The van der Waals surface area contributed by atoms with Crippen molar-refractivity contribution in [2.75, 3.05) is 4.90 Å². The number of aliphatic hydroxyl groups excluding tert-OH is 1. The standard InChI is InChI=1S/C27H19BrClN3O3S2/c1-15-9-11-16(12-10-15)23(33)21-22(17-6-4-7-19(28)13-17)32(25(35)24(21)34)26-30-31-27(37-26)36-14-18-5-2-3-8-20(18)29/h2-13,22,33H,14H2,1H3/b23-21-. The molecule has 1 saturated heterocycles. The van der Waals surface area contributed by atoms with Crippen LogP contribution in [0.2, 0.25) is 5.02 Å². The minimum Gasteiger partial charge on any atom is -0.507 e. The van der Waals surface area contributed by atoms with Gasteiger partial charge < -0.3 is 5.11 Å². The molecule has 5 rings (SSSR count). The van der Waals surface area contributed by atoms with E-state index in [-0.39, 0.29) is 16.5 Å². The average Bonchev–Trinajstić information content (AvgIpc) is 3.46. The molecule has 1 aliphatic heterocycles. The Hall–Kier alpha value is -2.98. The van der Waals surface area contributed by atoms with Crippen molar-refractivity contribution in [1.29, 1.82) is 0 Å². The summed E-state index contributed by atoms with van der Waals surface area (Å²) >= 11 is 12.4. The quantitative estimate of drug-likeness (QED) is 0.0817. The second-order valence-electron chi connectivity index (χ2n) is 8.32. The van der Waals surface area contributed by atoms with Gasteiger partial charge in [-0.05, 0) is 36.2 Å². The third kappa shape index (κ3) is 5.22. The summed E-state index contributed by atoms with van der Waals surface area (Å²) in [7, 11) is 0. The van der Waals surface area contributed by atoms with Gasteiger partial charge in [0.25, 0.3) is 5.78 Å². The molecule has 1 aliphatic rings. The van der Waals surface area contributed by atoms with E-state index >= 15 is 0 Å². The van der Waals surface area contributed by atoms with E-state index in [4.69, 9.17) is 11.6 Å². The highest BCUT2D eigenvalue weighted by molar-refractivity contribution is 9.10. The number of ketones is 1. The molecule has 186 valence electrons. The molecular formula is C27H19BrClN3O3S2. The van der Waals surface area contributed by atoms with Gasteiger partial charge in [-0.25, -0.2) is 0 Å². The fourth-order valence-electron chi connectivity index (χ4n) is 4.00. The minimum absolute atomic E-state index is 0.00687. The molecule has 1 aromatic heterocycles. The number of rotatable bonds is 6. The van der Waals surface area contributed by atoms with Gasteiger partial charge in [0.05, 0.1) is 11.6 Å². The molecule has 0 saturated carbocycles. The van der Waals surface area contributed by atoms with Crippen LogP contribution in [0.15, 0.2) is 87.2 Å². The van der Waals surface area contributed by atoms with E-state index in [0.717, 1.165) is 15.6 Å². The van der Waals surface area contributed by atoms with Gasteiger partial charge in [0.1, 0.15) is 5.76 Å². The van der Waals surface area contributed by atoms with Crippen molar-refractivity contribution in [3.63, 3.8) is 0 Å². The van der Waals surface area contributed by atoms with E-state index in [1.165, 1.54) is 28.0 Å². The zero-order chi connectivity index (χ0) is 26.1. The van der Waals surface area contributed by atoms with Gasteiger partial charge in [-0.2, -0.15) is 0 Å². The summed E-state index contributed by atoms with van der Waals surface area (Å²) in [6.07, 6.45) is 0. The number of nitrogens with zero attached hydrogens (tertiary/aromatic N) is 3. The van der Waals surface area contributed by atoms with Crippen LogP contribution < -0.4 is 4.90 Å². The number of hydrogen-bond acceptors (Lipinski definition) is 7. The summed E-state index contributed by atoms with van der Waals surface area (Å²) < 4.78 is 1.41. The Morgan fingerprint density at radius 2 is 1.84 bits per heavy atom. The molecule has 1 fully saturated rings. The van der Waals surface area contributed by atoms with Crippen molar-refractivity contribution >= 4 is 73.2 Å². The first-order valence-corrected chi connectivity index (χ1v) is 14.1. The monoisotopic (exact) mass is 611 g/mol. The first kappa shape index (κ1) is 25.7. The number of carbonyl (C=O) groups is 2. The van der Waals surface area contributed by atoms with Crippen LogP contribution in [-0.2, 0) is 15.3 Å². The number of Topliss-reactive ketones (excluding diaryl/α,β-unsaturated/α-hetero) is 1. The molecule has 1 N–H and O–H groups in total. The van der Waals surface area contributed by atoms with Gasteiger partial charge in [0.2, 0.25) is 5.13 Å². The fourth-order valence-corrected chi connectivity index (χ4v) is 6.57. The predicted molar refractivity (Wildman–Crippen MR) is 151 cm³/mol. The molecule has 3 aromatic carbocycles. The molecule has 0 aliphatic carbocycles. The molecule has 6 nitrogen and oxygen atoms in total. The molecule has 10 heteroatoms. The summed E-state index contributed by atoms with van der Waals surface area (Å²) in [5, 5.41) is 20.7. The van der Waals surface area contributed by atoms with E-state index in [9.17, 15) is 14.7 Å². The first-order chi connectivity index (χ1) is 17.8. The molecule has 1 atom stereocenters. The van der Waals surface area contributed by atoms with Crippen LogP contribution in [0.25, 0.3) is 5.76 Å². The smallest absolute Gasteiger partial charge is 0.301 e. The van der Waals surface area contributed by atoms with Gasteiger partial charge in [0, 0.05) is 20.8 Å². The van der Waals surface area contributed by atoms with Gasteiger partial charge in [0.15, 0.2) is 4.34 Å². The highest BCUT2D eigenvalue weighted by atomic mass is 79.9. The predicted octanol–water partition coefficient (Wildman–Crippen LogP) is 7.18. The lowest BCUT2D eigenvalue weighted by molar-refractivity contribution is -0.132. The first-order valence-electron chi connectivity index (χ1n) is 11.2. The number of anilines is 1. The number of aromatic nitrogens is 2. The van der Waals surface area contributed by atoms with Gasteiger partial charge in [-0.3, -0.25) is 14.5 Å². The maximum Gasteiger partial charge on any atom is 0.301 e. The van der Waals surface area contributed by atoms with E-state index in [2.05, 4.69) is 26.1 Å². The topological polar surface area (TPSA) is 83.4 Å². The van der Waals surface area contributed by atoms with Crippen LogP contribution in [0, 0.1) is 6.92 Å². The third-order valence-electron chi connectivity index (χ3n) is 5.84. The van der Waals surface area contributed by atoms with Crippen molar-refractivity contribution in [3.05, 3.63) is 110 Å². The van der Waals surface area contributed by atoms with E-state index in [1.54, 1.807) is 12.1 Å². The SMILES string of the molecule is Cc1ccc(/C(O)=C2/C(=O)C(=O)N(c3nnc(SCc4ccccc4Cl)s3)C2c2cccc(Br)c2)cc1. The Labute approximate surface area is 235 Å². The highest BCUT2D eigenvalue weighted by Gasteiger charge is 2.48. The maximum atomic E-state index is 13.3. The molecule has 1 amide bonds. The Morgan fingerprint density at radius 1 is 1.08 bits per heavy atom. The highest BCUT2D eigenvalue weighted by Crippen LogP contribution is 2.44. The number of halogens is 2. The Bertz CT molecular complexity index is 1540. The van der Waals surface area contributed by atoms with Crippen LogP contribution in [0.4, 0.5) is 5.13 Å². The van der Waals surface area contributed by atoms with Crippen LogP contribution in [-0.4, -0.2) is 27.0 Å². The molecule has 0 spiro atoms. The van der Waals surface area contributed by atoms with Crippen LogP contribution >= 0.6 is 50.6 Å². The summed E-state index contributed by atoms with van der Waals surface area (Å²) in [6.45, 7) is 1.93. The van der Waals surface area contributed by atoms with Crippen molar-refractivity contribution in [2.24, 2.45) is 0 Å². The number of aryl methyl sites for hydroxylation is 1. The normalized spacial score (nSPS) is 16.9. The van der Waals surface area contributed by atoms with Crippen LogP contribution in [0.1, 0.15) is 28.3 Å². The lowest BCUT2D eigenvalue weighted by Gasteiger charge is -2.22. The molecule has 1 unspecified atom stereocenters. The minimum atomic E-state index is -0.867. The van der Waals surface area contributed by atoms with Crippen molar-refractivity contribution < 1.29 is 14.7 Å².